The Kier molecular flexibility index (Phi) is 3.42. The van der Waals surface area contributed by atoms with Gasteiger partial charge in [-0.05, 0) is 37.4 Å². The van der Waals surface area contributed by atoms with E-state index in [0.717, 1.165) is 37.4 Å². The Bertz CT molecular complexity index is 475. The van der Waals surface area contributed by atoms with Crippen LogP contribution in [0.25, 0.3) is 0 Å². The summed E-state index contributed by atoms with van der Waals surface area (Å²) in [7, 11) is 0. The molecule has 3 rings (SSSR count). The molecule has 0 aliphatic carbocycles. The number of rotatable bonds is 1. The van der Waals surface area contributed by atoms with Crippen molar-refractivity contribution in [3.05, 3.63) is 24.3 Å². The van der Waals surface area contributed by atoms with Gasteiger partial charge in [0.05, 0.1) is 18.3 Å². The molecule has 2 atom stereocenters. The van der Waals surface area contributed by atoms with Gasteiger partial charge in [0.2, 0.25) is 5.91 Å². The summed E-state index contributed by atoms with van der Waals surface area (Å²) in [5, 5.41) is 3.32. The minimum absolute atomic E-state index is 0.0499. The second kappa shape index (κ2) is 5.21. The summed E-state index contributed by atoms with van der Waals surface area (Å²) in [5.74, 6) is 1.41. The van der Waals surface area contributed by atoms with Crippen LogP contribution in [0.4, 0.5) is 5.69 Å². The van der Waals surface area contributed by atoms with Gasteiger partial charge in [-0.1, -0.05) is 19.1 Å². The van der Waals surface area contributed by atoms with Crippen molar-refractivity contribution in [3.8, 4) is 5.75 Å². The average Bonchev–Trinajstić information content (AvgIpc) is 2.74. The molecule has 1 saturated heterocycles. The van der Waals surface area contributed by atoms with Crippen molar-refractivity contribution in [2.24, 2.45) is 5.92 Å². The number of nitrogens with zero attached hydrogens (tertiary/aromatic N) is 1. The molecule has 2 aliphatic rings. The SMILES string of the molecule is CC1CCNC1C(=O)N1CCCOc2ccccc21. The predicted octanol–water partition coefficient (Wildman–Crippen LogP) is 1.80. The number of hydrogen-bond acceptors (Lipinski definition) is 3. The van der Waals surface area contributed by atoms with Gasteiger partial charge in [0, 0.05) is 6.54 Å². The molecule has 1 N–H and O–H groups in total. The largest absolute Gasteiger partial charge is 0.491 e. The number of anilines is 1. The molecule has 4 heteroatoms. The lowest BCUT2D eigenvalue weighted by molar-refractivity contribution is -0.121. The number of nitrogens with one attached hydrogen (secondary N) is 1. The van der Waals surface area contributed by atoms with Gasteiger partial charge in [0.15, 0.2) is 0 Å². The summed E-state index contributed by atoms with van der Waals surface area (Å²) in [6, 6.07) is 7.76. The lowest BCUT2D eigenvalue weighted by Gasteiger charge is -2.26. The maximum Gasteiger partial charge on any atom is 0.244 e. The van der Waals surface area contributed by atoms with Crippen molar-refractivity contribution in [1.29, 1.82) is 0 Å². The number of para-hydroxylation sites is 2. The van der Waals surface area contributed by atoms with Crippen LogP contribution in [0.2, 0.25) is 0 Å². The Labute approximate surface area is 113 Å². The summed E-state index contributed by atoms with van der Waals surface area (Å²) in [6.45, 7) is 4.49. The fourth-order valence-electron chi connectivity index (χ4n) is 2.89. The average molecular weight is 260 g/mol. The van der Waals surface area contributed by atoms with Crippen LogP contribution in [-0.2, 0) is 4.79 Å². The molecule has 0 radical (unpaired) electrons. The van der Waals surface area contributed by atoms with Crippen molar-refractivity contribution in [3.63, 3.8) is 0 Å². The molecular formula is C15H20N2O2. The Morgan fingerprint density at radius 1 is 1.42 bits per heavy atom. The van der Waals surface area contributed by atoms with E-state index >= 15 is 0 Å². The Morgan fingerprint density at radius 3 is 3.05 bits per heavy atom. The first-order valence-electron chi connectivity index (χ1n) is 7.04. The molecule has 2 heterocycles. The van der Waals surface area contributed by atoms with E-state index in [1.165, 1.54) is 0 Å². The number of carbonyl (C=O) groups is 1. The zero-order chi connectivity index (χ0) is 13.2. The van der Waals surface area contributed by atoms with Gasteiger partial charge in [-0.15, -0.1) is 0 Å². The van der Waals surface area contributed by atoms with Crippen LogP contribution in [0.15, 0.2) is 24.3 Å². The van der Waals surface area contributed by atoms with E-state index < -0.39 is 0 Å². The smallest absolute Gasteiger partial charge is 0.244 e. The highest BCUT2D eigenvalue weighted by Gasteiger charge is 2.34. The van der Waals surface area contributed by atoms with Gasteiger partial charge in [-0.3, -0.25) is 4.79 Å². The molecule has 0 bridgehead atoms. The summed E-state index contributed by atoms with van der Waals surface area (Å²) in [4.78, 5) is 14.6. The minimum atomic E-state index is -0.0499. The molecule has 4 nitrogen and oxygen atoms in total. The van der Waals surface area contributed by atoms with E-state index in [0.29, 0.717) is 12.5 Å². The summed E-state index contributed by atoms with van der Waals surface area (Å²) < 4.78 is 5.70. The predicted molar refractivity (Wildman–Crippen MR) is 74.5 cm³/mol. The van der Waals surface area contributed by atoms with E-state index in [1.54, 1.807) is 0 Å². The van der Waals surface area contributed by atoms with Gasteiger partial charge in [-0.25, -0.2) is 0 Å². The fraction of sp³-hybridized carbons (Fsp3) is 0.533. The van der Waals surface area contributed by atoms with E-state index in [2.05, 4.69) is 12.2 Å². The quantitative estimate of drug-likeness (QED) is 0.837. The van der Waals surface area contributed by atoms with Crippen LogP contribution in [-0.4, -0.2) is 31.6 Å². The number of fused-ring (bicyclic) bond motifs is 1. The van der Waals surface area contributed by atoms with Gasteiger partial charge in [0.1, 0.15) is 5.75 Å². The zero-order valence-electron chi connectivity index (χ0n) is 11.3. The molecule has 1 amide bonds. The third-order valence-corrected chi connectivity index (χ3v) is 4.00. The fourth-order valence-corrected chi connectivity index (χ4v) is 2.89. The number of ether oxygens (including phenoxy) is 1. The summed E-state index contributed by atoms with van der Waals surface area (Å²) in [5.41, 5.74) is 0.908. The maximum atomic E-state index is 12.7. The Balaban J connectivity index is 1.89. The number of carbonyl (C=O) groups excluding carboxylic acids is 1. The molecule has 1 fully saturated rings. The second-order valence-corrected chi connectivity index (χ2v) is 5.36. The Hall–Kier alpha value is -1.55. The minimum Gasteiger partial charge on any atom is -0.491 e. The molecule has 1 aromatic carbocycles. The lowest BCUT2D eigenvalue weighted by atomic mass is 10.0. The maximum absolute atomic E-state index is 12.7. The van der Waals surface area contributed by atoms with Crippen LogP contribution < -0.4 is 15.0 Å². The third-order valence-electron chi connectivity index (χ3n) is 4.00. The van der Waals surface area contributed by atoms with Gasteiger partial charge in [-0.2, -0.15) is 0 Å². The van der Waals surface area contributed by atoms with Crippen molar-refractivity contribution in [1.82, 2.24) is 5.32 Å². The first-order chi connectivity index (χ1) is 9.27. The highest BCUT2D eigenvalue weighted by molar-refractivity contribution is 5.98. The van der Waals surface area contributed by atoms with E-state index in [4.69, 9.17) is 4.74 Å². The summed E-state index contributed by atoms with van der Waals surface area (Å²) in [6.07, 6.45) is 1.95. The molecule has 19 heavy (non-hydrogen) atoms. The molecule has 0 saturated carbocycles. The number of benzene rings is 1. The van der Waals surface area contributed by atoms with Crippen molar-refractivity contribution in [2.45, 2.75) is 25.8 Å². The monoisotopic (exact) mass is 260 g/mol. The van der Waals surface area contributed by atoms with Crippen LogP contribution >= 0.6 is 0 Å². The molecule has 102 valence electrons. The lowest BCUT2D eigenvalue weighted by Crippen LogP contribution is -2.46. The van der Waals surface area contributed by atoms with Crippen LogP contribution in [0.3, 0.4) is 0 Å². The highest BCUT2D eigenvalue weighted by atomic mass is 16.5. The van der Waals surface area contributed by atoms with Crippen LogP contribution in [0, 0.1) is 5.92 Å². The van der Waals surface area contributed by atoms with E-state index in [9.17, 15) is 4.79 Å². The van der Waals surface area contributed by atoms with Crippen LogP contribution in [0.1, 0.15) is 19.8 Å². The topological polar surface area (TPSA) is 41.6 Å². The molecule has 1 aromatic rings. The molecule has 2 unspecified atom stereocenters. The molecule has 0 aromatic heterocycles. The number of amides is 1. The standard InChI is InChI=1S/C15H20N2O2/c1-11-7-8-16-14(11)15(18)17-9-4-10-19-13-6-3-2-5-12(13)17/h2-3,5-6,11,14,16H,4,7-10H2,1H3. The van der Waals surface area contributed by atoms with E-state index in [1.807, 2.05) is 29.2 Å². The van der Waals surface area contributed by atoms with E-state index in [-0.39, 0.29) is 11.9 Å². The normalized spacial score (nSPS) is 26.5. The Morgan fingerprint density at radius 2 is 2.26 bits per heavy atom. The van der Waals surface area contributed by atoms with Gasteiger partial charge >= 0.3 is 0 Å². The second-order valence-electron chi connectivity index (χ2n) is 5.36. The zero-order valence-corrected chi connectivity index (χ0v) is 11.3. The third kappa shape index (κ3) is 2.32. The molecular weight excluding hydrogens is 240 g/mol. The first-order valence-corrected chi connectivity index (χ1v) is 7.04. The van der Waals surface area contributed by atoms with Crippen molar-refractivity contribution < 1.29 is 9.53 Å². The van der Waals surface area contributed by atoms with Gasteiger partial charge in [0.25, 0.3) is 0 Å². The van der Waals surface area contributed by atoms with Crippen LogP contribution in [0.5, 0.6) is 5.75 Å². The highest BCUT2D eigenvalue weighted by Crippen LogP contribution is 2.32. The summed E-state index contributed by atoms with van der Waals surface area (Å²) >= 11 is 0. The first kappa shape index (κ1) is 12.5. The molecule has 0 spiro atoms. The van der Waals surface area contributed by atoms with Crippen molar-refractivity contribution in [2.75, 3.05) is 24.6 Å². The number of hydrogen-bond donors (Lipinski definition) is 1. The molecule has 2 aliphatic heterocycles. The van der Waals surface area contributed by atoms with Gasteiger partial charge < -0.3 is 15.0 Å². The van der Waals surface area contributed by atoms with Crippen molar-refractivity contribution >= 4 is 11.6 Å².